The first-order valence-corrected chi connectivity index (χ1v) is 30.8. The third-order valence-corrected chi connectivity index (χ3v) is 14.5. The summed E-state index contributed by atoms with van der Waals surface area (Å²) in [7, 11) is 0. The van der Waals surface area contributed by atoms with Crippen LogP contribution in [0, 0.1) is 17.8 Å². The van der Waals surface area contributed by atoms with E-state index in [1.54, 1.807) is 34.0 Å². The zero-order valence-corrected chi connectivity index (χ0v) is 51.7. The monoisotopic (exact) mass is 1220 g/mol. The number of thioether (sulfide) groups is 1. The van der Waals surface area contributed by atoms with E-state index in [-0.39, 0.29) is 82.3 Å². The average molecular weight is 1220 g/mol. The molecule has 0 bridgehead atoms. The molecule has 0 aromatic rings. The Hall–Kier alpha value is -5.53. The highest BCUT2D eigenvalue weighted by atomic mass is 32.2. The van der Waals surface area contributed by atoms with Crippen LogP contribution >= 0.6 is 24.4 Å². The number of hydrogen-bond acceptors (Lipinski definition) is 18. The van der Waals surface area contributed by atoms with Crippen LogP contribution in [0.3, 0.4) is 0 Å². The third-order valence-electron chi connectivity index (χ3n) is 13.5. The number of thiol groups is 1. The van der Waals surface area contributed by atoms with Gasteiger partial charge in [0.1, 0.15) is 54.4 Å². The van der Waals surface area contributed by atoms with Crippen LogP contribution in [0.4, 0.5) is 0 Å². The number of nitrogens with two attached hydrogens (primary N) is 6. The molecular formula is C53H102N16O12S2. The van der Waals surface area contributed by atoms with Crippen LogP contribution in [0.25, 0.3) is 0 Å². The number of carbonyl (C=O) groups is 10. The molecule has 0 aliphatic carbocycles. The Balaban J connectivity index is 6.72. The molecule has 23 N–H and O–H groups in total. The summed E-state index contributed by atoms with van der Waals surface area (Å²) >= 11 is 5.71. The number of aliphatic hydroxyl groups excluding tert-OH is 1. The molecule has 0 aliphatic heterocycles. The van der Waals surface area contributed by atoms with Crippen molar-refractivity contribution in [1.82, 2.24) is 47.9 Å². The summed E-state index contributed by atoms with van der Waals surface area (Å²) in [5, 5.41) is 44.0. The molecule has 30 heteroatoms. The Kier molecular flexibility index (Phi) is 40.3. The molecule has 0 saturated carbocycles. The van der Waals surface area contributed by atoms with E-state index in [4.69, 9.17) is 34.4 Å². The Morgan fingerprint density at radius 1 is 0.506 bits per heavy atom. The van der Waals surface area contributed by atoms with Crippen molar-refractivity contribution < 1.29 is 58.2 Å². The quantitative estimate of drug-likeness (QED) is 0.0125. The number of amides is 9. The van der Waals surface area contributed by atoms with Crippen molar-refractivity contribution in [3.05, 3.63) is 0 Å². The number of carbonyl (C=O) groups excluding carboxylic acids is 9. The minimum absolute atomic E-state index is 0.0436. The van der Waals surface area contributed by atoms with Gasteiger partial charge in [-0.15, -0.1) is 0 Å². The van der Waals surface area contributed by atoms with Crippen molar-refractivity contribution in [2.45, 2.75) is 205 Å². The fourth-order valence-corrected chi connectivity index (χ4v) is 9.07. The first-order chi connectivity index (χ1) is 39.1. The maximum atomic E-state index is 14.4. The highest BCUT2D eigenvalue weighted by Crippen LogP contribution is 2.14. The second-order valence-electron chi connectivity index (χ2n) is 21.5. The average Bonchev–Trinajstić information content (AvgIpc) is 3.44. The van der Waals surface area contributed by atoms with Crippen molar-refractivity contribution in [2.24, 2.45) is 57.1 Å². The minimum atomic E-state index is -1.61. The SMILES string of the molecule is CC[C@H](C)[C@H](NC(=O)[C@H](CCCCN)NC(=O)[C@H](CCCCN)NC(=O)[C@H](CCCCN)NC(=O)[C@H](CS)NC(=O)[C@H](CC(C)C)NC(=O)[C@@H](NC(=O)[C@@H](N)CCCN=C(N)N)C(C)C)C(=O)N[C@H](C(=O)N[C@@H](CCSC)C(=O)O)[C@@H](C)O. The molecule has 0 aromatic heterocycles. The van der Waals surface area contributed by atoms with Crippen molar-refractivity contribution in [3.8, 4) is 0 Å². The lowest BCUT2D eigenvalue weighted by atomic mass is 9.96. The minimum Gasteiger partial charge on any atom is -0.480 e. The number of aliphatic imine (C=N–C) groups is 1. The number of hydrogen-bond donors (Lipinski definition) is 18. The van der Waals surface area contributed by atoms with E-state index in [0.717, 1.165) is 0 Å². The Morgan fingerprint density at radius 2 is 0.904 bits per heavy atom. The molecule has 0 rings (SSSR count). The molecule has 478 valence electrons. The highest BCUT2D eigenvalue weighted by Gasteiger charge is 2.37. The number of rotatable bonds is 45. The number of nitrogens with zero attached hydrogens (tertiary/aromatic N) is 1. The number of nitrogens with one attached hydrogen (secondary N) is 9. The van der Waals surface area contributed by atoms with Gasteiger partial charge in [-0.3, -0.25) is 48.1 Å². The van der Waals surface area contributed by atoms with Crippen molar-refractivity contribution in [1.29, 1.82) is 0 Å². The van der Waals surface area contributed by atoms with Gasteiger partial charge in [-0.05, 0) is 140 Å². The lowest BCUT2D eigenvalue weighted by Crippen LogP contribution is -2.62. The molecule has 0 unspecified atom stereocenters. The van der Waals surface area contributed by atoms with E-state index in [0.29, 0.717) is 57.1 Å². The van der Waals surface area contributed by atoms with Gasteiger partial charge >= 0.3 is 5.97 Å². The highest BCUT2D eigenvalue weighted by molar-refractivity contribution is 7.98. The Labute approximate surface area is 499 Å². The van der Waals surface area contributed by atoms with Gasteiger partial charge in [-0.25, -0.2) is 4.79 Å². The molecule has 0 spiro atoms. The van der Waals surface area contributed by atoms with E-state index in [2.05, 4.69) is 65.5 Å². The van der Waals surface area contributed by atoms with Crippen molar-refractivity contribution >= 4 is 89.5 Å². The van der Waals surface area contributed by atoms with E-state index in [9.17, 15) is 58.2 Å². The van der Waals surface area contributed by atoms with Crippen LogP contribution < -0.4 is 82.3 Å². The molecule has 0 fully saturated rings. The number of carboxylic acid groups (broad SMARTS) is 1. The summed E-state index contributed by atoms with van der Waals surface area (Å²) in [5.74, 6) is -9.36. The summed E-state index contributed by atoms with van der Waals surface area (Å²) < 4.78 is 0. The molecule has 12 atom stereocenters. The molecule has 0 aliphatic rings. The lowest BCUT2D eigenvalue weighted by molar-refractivity contribution is -0.143. The van der Waals surface area contributed by atoms with E-state index >= 15 is 0 Å². The lowest BCUT2D eigenvalue weighted by Gasteiger charge is -2.30. The molecule has 83 heavy (non-hydrogen) atoms. The first kappa shape index (κ1) is 77.5. The van der Waals surface area contributed by atoms with Crippen molar-refractivity contribution in [2.75, 3.05) is 43.9 Å². The largest absolute Gasteiger partial charge is 0.480 e. The molecule has 0 aromatic carbocycles. The smallest absolute Gasteiger partial charge is 0.326 e. The van der Waals surface area contributed by atoms with E-state index in [1.807, 2.05) is 13.8 Å². The zero-order valence-electron chi connectivity index (χ0n) is 50.0. The van der Waals surface area contributed by atoms with E-state index in [1.165, 1.54) is 18.7 Å². The number of aliphatic hydroxyl groups is 1. The second-order valence-corrected chi connectivity index (χ2v) is 22.9. The van der Waals surface area contributed by atoms with Crippen LogP contribution in [0.5, 0.6) is 0 Å². The first-order valence-electron chi connectivity index (χ1n) is 28.8. The standard InChI is InChI=1S/C53H102N16O12S2/c1-9-31(6)41(50(78)69-42(32(7)70)51(79)64-37(52(80)81)21-26-83-8)68-46(74)36(20-12-15-24-56)62-44(72)34(18-10-13-22-54)61-45(73)35(19-11-14-23-55)63-48(76)39(28-82)66-47(75)38(27-29(2)3)65-49(77)40(30(4)5)67-43(71)33(57)17-16-25-60-53(58)59/h29-42,70,82H,9-28,54-57H2,1-8H3,(H,61,73)(H,62,72)(H,63,76)(H,64,79)(H,65,77)(H,66,75)(H,67,71)(H,68,74)(H,69,78)(H,80,81)(H4,58,59,60)/t31-,32+,33-,34-,35-,36-,37-,38-,39-,40-,41-,42-/m0/s1. The van der Waals surface area contributed by atoms with Gasteiger partial charge < -0.3 is 92.5 Å². The number of aliphatic carboxylic acids is 1. The van der Waals surface area contributed by atoms with Crippen LogP contribution in [-0.4, -0.2) is 186 Å². The predicted molar refractivity (Wildman–Crippen MR) is 324 cm³/mol. The maximum Gasteiger partial charge on any atom is 0.326 e. The Bertz CT molecular complexity index is 2060. The number of carboxylic acids is 1. The van der Waals surface area contributed by atoms with Gasteiger partial charge in [0.05, 0.1) is 12.1 Å². The fourth-order valence-electron chi connectivity index (χ4n) is 8.34. The Morgan fingerprint density at radius 3 is 1.31 bits per heavy atom. The summed E-state index contributed by atoms with van der Waals surface area (Å²) in [6.45, 7) is 12.8. The van der Waals surface area contributed by atoms with Crippen LogP contribution in [0.15, 0.2) is 4.99 Å². The zero-order chi connectivity index (χ0) is 63.4. The summed E-state index contributed by atoms with van der Waals surface area (Å²) in [4.78, 5) is 141. The summed E-state index contributed by atoms with van der Waals surface area (Å²) in [6.07, 6.45) is 4.02. The summed E-state index contributed by atoms with van der Waals surface area (Å²) in [6, 6.07) is -12.7. The summed E-state index contributed by atoms with van der Waals surface area (Å²) in [5.41, 5.74) is 34.2. The topological polar surface area (TPSA) is 488 Å². The molecule has 9 amide bonds. The second kappa shape index (κ2) is 43.1. The van der Waals surface area contributed by atoms with Gasteiger partial charge in [0.15, 0.2) is 5.96 Å². The maximum absolute atomic E-state index is 14.4. The van der Waals surface area contributed by atoms with Crippen LogP contribution in [0.1, 0.15) is 138 Å². The van der Waals surface area contributed by atoms with Gasteiger partial charge in [0, 0.05) is 12.3 Å². The molecule has 0 heterocycles. The third kappa shape index (κ3) is 31.3. The molecular weight excluding hydrogens is 1120 g/mol. The van der Waals surface area contributed by atoms with Crippen LogP contribution in [0.2, 0.25) is 0 Å². The number of guanidine groups is 1. The fraction of sp³-hybridized carbons (Fsp3) is 0.792. The molecule has 0 saturated heterocycles. The van der Waals surface area contributed by atoms with Gasteiger partial charge in [-0.1, -0.05) is 48.0 Å². The van der Waals surface area contributed by atoms with Gasteiger partial charge in [0.25, 0.3) is 0 Å². The molecule has 28 nitrogen and oxygen atoms in total. The van der Waals surface area contributed by atoms with Crippen molar-refractivity contribution in [3.63, 3.8) is 0 Å². The van der Waals surface area contributed by atoms with Crippen LogP contribution in [-0.2, 0) is 47.9 Å². The van der Waals surface area contributed by atoms with Gasteiger partial charge in [0.2, 0.25) is 53.2 Å². The normalized spacial score (nSPS) is 15.7. The van der Waals surface area contributed by atoms with Gasteiger partial charge in [-0.2, -0.15) is 24.4 Å². The number of unbranched alkanes of at least 4 members (excludes halogenated alkanes) is 3. The molecule has 0 radical (unpaired) electrons. The predicted octanol–water partition coefficient (Wildman–Crippen LogP) is -2.99. The van der Waals surface area contributed by atoms with E-state index < -0.39 is 137 Å².